The van der Waals surface area contributed by atoms with Crippen molar-refractivity contribution in [3.05, 3.63) is 53.9 Å². The van der Waals surface area contributed by atoms with E-state index < -0.39 is 5.97 Å². The number of carbonyl (C=O) groups is 1. The van der Waals surface area contributed by atoms with Gasteiger partial charge in [-0.05, 0) is 25.8 Å². The highest BCUT2D eigenvalue weighted by atomic mass is 16.5. The summed E-state index contributed by atoms with van der Waals surface area (Å²) in [6.07, 6.45) is 4.06. The Morgan fingerprint density at radius 1 is 1.32 bits per heavy atom. The number of likely N-dealkylation sites (tertiary alicyclic amines) is 1. The monoisotopic (exact) mass is 340 g/mol. The van der Waals surface area contributed by atoms with Gasteiger partial charge in [-0.2, -0.15) is 0 Å². The Kier molecular flexibility index (Phi) is 5.60. The van der Waals surface area contributed by atoms with Crippen molar-refractivity contribution in [2.45, 2.75) is 32.4 Å². The predicted octanol–water partition coefficient (Wildman–Crippen LogP) is 2.90. The van der Waals surface area contributed by atoms with E-state index in [1.807, 2.05) is 6.07 Å². The molecule has 0 bridgehead atoms. The second-order valence-electron chi connectivity index (χ2n) is 6.23. The highest BCUT2D eigenvalue weighted by molar-refractivity contribution is 5.88. The maximum Gasteiger partial charge on any atom is 0.341 e. The number of anilines is 1. The van der Waals surface area contributed by atoms with E-state index in [9.17, 15) is 4.79 Å². The highest BCUT2D eigenvalue weighted by Crippen LogP contribution is 2.25. The predicted molar refractivity (Wildman–Crippen MR) is 96.4 cm³/mol. The van der Waals surface area contributed by atoms with Crippen LogP contribution in [0.15, 0.2) is 42.7 Å². The topological polar surface area (TPSA) is 67.3 Å². The number of benzene rings is 1. The third-order valence-corrected chi connectivity index (χ3v) is 4.55. The number of hydrogen-bond donors (Lipinski definition) is 1. The summed E-state index contributed by atoms with van der Waals surface area (Å²) in [7, 11) is 0. The first kappa shape index (κ1) is 17.4. The molecule has 1 aromatic heterocycles. The molecule has 0 spiro atoms. The van der Waals surface area contributed by atoms with Crippen LogP contribution in [0.2, 0.25) is 0 Å². The third-order valence-electron chi connectivity index (χ3n) is 4.55. The van der Waals surface area contributed by atoms with Gasteiger partial charge >= 0.3 is 5.97 Å². The van der Waals surface area contributed by atoms with E-state index in [-0.39, 0.29) is 0 Å². The number of esters is 1. The SMILES string of the molecule is CCOC(=O)c1cnc(NC2CCN(C(C)c3ccccc3)C2)nc1. The minimum atomic E-state index is -0.391. The second-order valence-corrected chi connectivity index (χ2v) is 6.23. The van der Waals surface area contributed by atoms with Crippen LogP contribution < -0.4 is 5.32 Å². The molecule has 3 rings (SSSR count). The van der Waals surface area contributed by atoms with Gasteiger partial charge in [-0.15, -0.1) is 0 Å². The zero-order valence-electron chi connectivity index (χ0n) is 14.7. The first-order chi connectivity index (χ1) is 12.2. The number of rotatable bonds is 6. The van der Waals surface area contributed by atoms with Crippen LogP contribution >= 0.6 is 0 Å². The van der Waals surface area contributed by atoms with Crippen molar-refractivity contribution in [1.29, 1.82) is 0 Å². The van der Waals surface area contributed by atoms with Crippen LogP contribution in [0.1, 0.15) is 42.2 Å². The molecule has 0 radical (unpaired) electrons. The van der Waals surface area contributed by atoms with Gasteiger partial charge in [0.1, 0.15) is 0 Å². The van der Waals surface area contributed by atoms with Crippen molar-refractivity contribution in [3.8, 4) is 0 Å². The normalized spacial score (nSPS) is 18.7. The average Bonchev–Trinajstić information content (AvgIpc) is 3.11. The standard InChI is InChI=1S/C19H24N4O2/c1-3-25-18(24)16-11-20-19(21-12-16)22-17-9-10-23(13-17)14(2)15-7-5-4-6-8-15/h4-8,11-12,14,17H,3,9-10,13H2,1-2H3,(H,20,21,22). The first-order valence-electron chi connectivity index (χ1n) is 8.72. The van der Waals surface area contributed by atoms with E-state index in [0.717, 1.165) is 19.5 Å². The summed E-state index contributed by atoms with van der Waals surface area (Å²) in [6, 6.07) is 11.2. The molecule has 1 aliphatic heterocycles. The molecule has 2 unspecified atom stereocenters. The second kappa shape index (κ2) is 8.07. The van der Waals surface area contributed by atoms with Gasteiger partial charge in [0.05, 0.1) is 12.2 Å². The smallest absolute Gasteiger partial charge is 0.341 e. The Labute approximate surface area is 148 Å². The number of nitrogens with zero attached hydrogens (tertiary/aromatic N) is 3. The summed E-state index contributed by atoms with van der Waals surface area (Å²) in [5, 5.41) is 3.36. The lowest BCUT2D eigenvalue weighted by atomic mass is 10.1. The van der Waals surface area contributed by atoms with Crippen molar-refractivity contribution in [2.75, 3.05) is 25.0 Å². The van der Waals surface area contributed by atoms with Gasteiger partial charge in [-0.3, -0.25) is 4.90 Å². The summed E-state index contributed by atoms with van der Waals surface area (Å²) in [4.78, 5) is 22.5. The van der Waals surface area contributed by atoms with Crippen LogP contribution in [0.25, 0.3) is 0 Å². The van der Waals surface area contributed by atoms with Crippen LogP contribution in [0, 0.1) is 0 Å². The van der Waals surface area contributed by atoms with Crippen LogP contribution in [-0.4, -0.2) is 46.6 Å². The van der Waals surface area contributed by atoms with Crippen molar-refractivity contribution in [1.82, 2.24) is 14.9 Å². The Balaban J connectivity index is 1.55. The molecule has 0 amide bonds. The van der Waals surface area contributed by atoms with Gasteiger partial charge in [-0.1, -0.05) is 30.3 Å². The average molecular weight is 340 g/mol. The molecule has 2 aromatic rings. The van der Waals surface area contributed by atoms with E-state index in [0.29, 0.717) is 30.2 Å². The molecular weight excluding hydrogens is 316 g/mol. The molecule has 1 N–H and O–H groups in total. The van der Waals surface area contributed by atoms with Gasteiger partial charge in [0, 0.05) is 37.6 Å². The Morgan fingerprint density at radius 3 is 2.72 bits per heavy atom. The summed E-state index contributed by atoms with van der Waals surface area (Å²) < 4.78 is 4.94. The molecule has 1 saturated heterocycles. The lowest BCUT2D eigenvalue weighted by Gasteiger charge is -2.24. The van der Waals surface area contributed by atoms with E-state index in [4.69, 9.17) is 4.74 Å². The molecule has 25 heavy (non-hydrogen) atoms. The van der Waals surface area contributed by atoms with Crippen LogP contribution in [0.5, 0.6) is 0 Å². The maximum absolute atomic E-state index is 11.6. The lowest BCUT2D eigenvalue weighted by Crippen LogP contribution is -2.29. The summed E-state index contributed by atoms with van der Waals surface area (Å²) in [5.74, 6) is 0.157. The van der Waals surface area contributed by atoms with E-state index in [2.05, 4.69) is 51.4 Å². The number of carbonyl (C=O) groups excluding carboxylic acids is 1. The Bertz CT molecular complexity index is 690. The molecule has 1 fully saturated rings. The van der Waals surface area contributed by atoms with Crippen LogP contribution in [0.4, 0.5) is 5.95 Å². The molecule has 0 saturated carbocycles. The van der Waals surface area contributed by atoms with E-state index in [1.54, 1.807) is 6.92 Å². The van der Waals surface area contributed by atoms with Crippen molar-refractivity contribution < 1.29 is 9.53 Å². The fourth-order valence-corrected chi connectivity index (χ4v) is 3.10. The number of nitrogens with one attached hydrogen (secondary N) is 1. The van der Waals surface area contributed by atoms with Crippen molar-refractivity contribution in [3.63, 3.8) is 0 Å². The van der Waals surface area contributed by atoms with Gasteiger partial charge in [-0.25, -0.2) is 14.8 Å². The first-order valence-corrected chi connectivity index (χ1v) is 8.72. The summed E-state index contributed by atoms with van der Waals surface area (Å²) >= 11 is 0. The minimum absolute atomic E-state index is 0.305. The Hall–Kier alpha value is -2.47. The van der Waals surface area contributed by atoms with Gasteiger partial charge in [0.2, 0.25) is 5.95 Å². The highest BCUT2D eigenvalue weighted by Gasteiger charge is 2.27. The quantitative estimate of drug-likeness (QED) is 0.816. The molecule has 1 aliphatic rings. The van der Waals surface area contributed by atoms with Gasteiger partial charge in [0.25, 0.3) is 0 Å². The molecule has 132 valence electrons. The molecule has 0 aliphatic carbocycles. The van der Waals surface area contributed by atoms with Crippen molar-refractivity contribution >= 4 is 11.9 Å². The summed E-state index contributed by atoms with van der Waals surface area (Å²) in [5.41, 5.74) is 1.70. The third kappa shape index (κ3) is 4.33. The van der Waals surface area contributed by atoms with E-state index in [1.165, 1.54) is 18.0 Å². The zero-order chi connectivity index (χ0) is 17.6. The number of aromatic nitrogens is 2. The fraction of sp³-hybridized carbons (Fsp3) is 0.421. The molecular formula is C19H24N4O2. The molecule has 6 nitrogen and oxygen atoms in total. The van der Waals surface area contributed by atoms with E-state index >= 15 is 0 Å². The zero-order valence-corrected chi connectivity index (χ0v) is 14.7. The number of hydrogen-bond acceptors (Lipinski definition) is 6. The molecule has 2 atom stereocenters. The largest absolute Gasteiger partial charge is 0.462 e. The Morgan fingerprint density at radius 2 is 2.04 bits per heavy atom. The fourth-order valence-electron chi connectivity index (χ4n) is 3.10. The maximum atomic E-state index is 11.6. The van der Waals surface area contributed by atoms with Gasteiger partial charge < -0.3 is 10.1 Å². The molecule has 6 heteroatoms. The lowest BCUT2D eigenvalue weighted by molar-refractivity contribution is 0.0525. The number of ether oxygens (including phenoxy) is 1. The molecule has 2 heterocycles. The van der Waals surface area contributed by atoms with Gasteiger partial charge in [0.15, 0.2) is 0 Å². The minimum Gasteiger partial charge on any atom is -0.462 e. The molecule has 1 aromatic carbocycles. The summed E-state index contributed by atoms with van der Waals surface area (Å²) in [6.45, 7) is 6.34. The van der Waals surface area contributed by atoms with Crippen molar-refractivity contribution in [2.24, 2.45) is 0 Å². The van der Waals surface area contributed by atoms with Crippen LogP contribution in [-0.2, 0) is 4.74 Å². The van der Waals surface area contributed by atoms with Crippen LogP contribution in [0.3, 0.4) is 0 Å².